The Morgan fingerprint density at radius 2 is 1.71 bits per heavy atom. The number of carboxylic acids is 2. The lowest BCUT2D eigenvalue weighted by molar-refractivity contribution is -0.192. The molecule has 0 saturated heterocycles. The van der Waals surface area contributed by atoms with Crippen LogP contribution in [0.4, 0.5) is 26.3 Å². The van der Waals surface area contributed by atoms with E-state index in [-0.39, 0.29) is 24.8 Å². The number of benzene rings is 1. The Morgan fingerprint density at radius 1 is 1.14 bits per heavy atom. The summed E-state index contributed by atoms with van der Waals surface area (Å²) >= 11 is 0. The van der Waals surface area contributed by atoms with Crippen LogP contribution in [0, 0.1) is 0 Å². The Balaban J connectivity index is 0.000000887. The summed E-state index contributed by atoms with van der Waals surface area (Å²) in [4.78, 5) is 19.3. The number of aliphatic carboxylic acids is 2. The summed E-state index contributed by atoms with van der Waals surface area (Å²) in [7, 11) is 0. The third-order valence-corrected chi connectivity index (χ3v) is 3.05. The number of rotatable bonds is 8. The van der Waals surface area contributed by atoms with Crippen molar-refractivity contribution >= 4 is 11.9 Å². The van der Waals surface area contributed by atoms with E-state index >= 15 is 0 Å². The lowest BCUT2D eigenvalue weighted by Gasteiger charge is -2.19. The first-order valence-corrected chi connectivity index (χ1v) is 7.83. The lowest BCUT2D eigenvalue weighted by atomic mass is 10.2. The van der Waals surface area contributed by atoms with E-state index in [0.29, 0.717) is 13.0 Å². The van der Waals surface area contributed by atoms with Crippen LogP contribution in [0.1, 0.15) is 25.3 Å². The van der Waals surface area contributed by atoms with E-state index in [1.807, 2.05) is 6.92 Å². The molecule has 0 aromatic heterocycles. The van der Waals surface area contributed by atoms with Crippen LogP contribution in [0.5, 0.6) is 5.75 Å². The summed E-state index contributed by atoms with van der Waals surface area (Å²) in [6.07, 6.45) is -9.22. The van der Waals surface area contributed by atoms with Crippen LogP contribution in [0.3, 0.4) is 0 Å². The molecular formula is C16H19F6NO5. The Labute approximate surface area is 156 Å². The van der Waals surface area contributed by atoms with Gasteiger partial charge in [0.05, 0.1) is 12.0 Å². The minimum atomic E-state index is -5.08. The average Bonchev–Trinajstić information content (AvgIpc) is 2.56. The molecule has 0 aliphatic heterocycles. The van der Waals surface area contributed by atoms with Gasteiger partial charge in [-0.05, 0) is 24.6 Å². The number of hydrogen-bond donors (Lipinski definition) is 3. The van der Waals surface area contributed by atoms with Gasteiger partial charge in [-0.2, -0.15) is 26.3 Å². The maximum absolute atomic E-state index is 12.6. The predicted octanol–water partition coefficient (Wildman–Crippen LogP) is 3.56. The average molecular weight is 419 g/mol. The van der Waals surface area contributed by atoms with Gasteiger partial charge in [-0.1, -0.05) is 13.0 Å². The van der Waals surface area contributed by atoms with E-state index in [0.717, 1.165) is 12.1 Å². The molecule has 0 fully saturated rings. The number of carboxylic acid groups (broad SMARTS) is 2. The fourth-order valence-corrected chi connectivity index (χ4v) is 1.67. The molecule has 12 heteroatoms. The molecule has 1 rings (SSSR count). The zero-order chi connectivity index (χ0) is 22.0. The number of nitrogens with one attached hydrogen (secondary N) is 1. The van der Waals surface area contributed by atoms with Crippen molar-refractivity contribution in [3.63, 3.8) is 0 Å². The second-order valence-corrected chi connectivity index (χ2v) is 5.32. The van der Waals surface area contributed by atoms with Crippen molar-refractivity contribution in [2.24, 2.45) is 0 Å². The first-order valence-electron chi connectivity index (χ1n) is 7.83. The van der Waals surface area contributed by atoms with Crippen molar-refractivity contribution in [3.05, 3.63) is 29.8 Å². The molecule has 0 aliphatic carbocycles. The highest BCUT2D eigenvalue weighted by Crippen LogP contribution is 2.31. The molecule has 1 atom stereocenters. The molecule has 0 saturated carbocycles. The summed E-state index contributed by atoms with van der Waals surface area (Å²) < 4.78 is 75.0. The van der Waals surface area contributed by atoms with Crippen molar-refractivity contribution in [3.8, 4) is 5.75 Å². The Kier molecular flexibility index (Phi) is 10.4. The molecule has 0 heterocycles. The molecule has 1 aromatic carbocycles. The third kappa shape index (κ3) is 11.3. The second kappa shape index (κ2) is 11.4. The van der Waals surface area contributed by atoms with Crippen LogP contribution >= 0.6 is 0 Å². The van der Waals surface area contributed by atoms with E-state index in [2.05, 4.69) is 5.32 Å². The van der Waals surface area contributed by atoms with Crippen LogP contribution in [-0.4, -0.2) is 47.5 Å². The van der Waals surface area contributed by atoms with Gasteiger partial charge in [0.25, 0.3) is 0 Å². The van der Waals surface area contributed by atoms with Crippen molar-refractivity contribution in [2.75, 3.05) is 13.1 Å². The smallest absolute Gasteiger partial charge is 0.489 e. The van der Waals surface area contributed by atoms with E-state index in [9.17, 15) is 31.1 Å². The monoisotopic (exact) mass is 419 g/mol. The number of ether oxygens (including phenoxy) is 1. The van der Waals surface area contributed by atoms with Crippen LogP contribution < -0.4 is 10.1 Å². The molecule has 160 valence electrons. The van der Waals surface area contributed by atoms with E-state index in [1.54, 1.807) is 0 Å². The summed E-state index contributed by atoms with van der Waals surface area (Å²) in [6, 6.07) is 4.71. The number of alkyl halides is 6. The summed E-state index contributed by atoms with van der Waals surface area (Å²) in [6.45, 7) is 2.51. The molecule has 28 heavy (non-hydrogen) atoms. The minimum Gasteiger partial charge on any atom is -0.489 e. The zero-order valence-electron chi connectivity index (χ0n) is 14.6. The molecule has 3 N–H and O–H groups in total. The van der Waals surface area contributed by atoms with Gasteiger partial charge in [-0.3, -0.25) is 4.79 Å². The molecule has 1 aromatic rings. The fraction of sp³-hybridized carbons (Fsp3) is 0.500. The van der Waals surface area contributed by atoms with Crippen LogP contribution in [0.25, 0.3) is 0 Å². The van der Waals surface area contributed by atoms with Crippen LogP contribution in [0.2, 0.25) is 0 Å². The van der Waals surface area contributed by atoms with E-state index < -0.39 is 29.9 Å². The van der Waals surface area contributed by atoms with Gasteiger partial charge in [0, 0.05) is 13.1 Å². The van der Waals surface area contributed by atoms with Gasteiger partial charge in [-0.25, -0.2) is 4.79 Å². The first-order chi connectivity index (χ1) is 12.8. The Bertz CT molecular complexity index is 633. The Morgan fingerprint density at radius 3 is 2.14 bits per heavy atom. The van der Waals surface area contributed by atoms with E-state index in [4.69, 9.17) is 19.7 Å². The highest BCUT2D eigenvalue weighted by Gasteiger charge is 2.38. The molecule has 6 nitrogen and oxygen atoms in total. The van der Waals surface area contributed by atoms with Crippen molar-refractivity contribution < 1.29 is 50.9 Å². The van der Waals surface area contributed by atoms with Gasteiger partial charge in [0.15, 0.2) is 0 Å². The molecule has 0 aliphatic rings. The molecular weight excluding hydrogens is 400 g/mol. The maximum Gasteiger partial charge on any atom is 0.490 e. The summed E-state index contributed by atoms with van der Waals surface area (Å²) in [5, 5.41) is 18.5. The maximum atomic E-state index is 12.6. The van der Waals surface area contributed by atoms with Crippen LogP contribution in [-0.2, 0) is 15.8 Å². The van der Waals surface area contributed by atoms with Crippen molar-refractivity contribution in [2.45, 2.75) is 38.2 Å². The van der Waals surface area contributed by atoms with Gasteiger partial charge >= 0.3 is 24.3 Å². The molecule has 0 radical (unpaired) electrons. The quantitative estimate of drug-likeness (QED) is 0.441. The number of hydrogen-bond acceptors (Lipinski definition) is 4. The van der Waals surface area contributed by atoms with Crippen LogP contribution in [0.15, 0.2) is 24.3 Å². The first kappa shape index (κ1) is 25.5. The topological polar surface area (TPSA) is 95.9 Å². The van der Waals surface area contributed by atoms with Crippen molar-refractivity contribution in [1.29, 1.82) is 0 Å². The number of carbonyl (C=O) groups is 2. The predicted molar refractivity (Wildman–Crippen MR) is 85.0 cm³/mol. The summed E-state index contributed by atoms with van der Waals surface area (Å²) in [5.74, 6) is -3.52. The largest absolute Gasteiger partial charge is 0.490 e. The normalized spacial score (nSPS) is 12.5. The zero-order valence-corrected chi connectivity index (χ0v) is 14.6. The molecule has 0 bridgehead atoms. The van der Waals surface area contributed by atoms with Crippen molar-refractivity contribution in [1.82, 2.24) is 5.32 Å². The van der Waals surface area contributed by atoms with E-state index in [1.165, 1.54) is 12.1 Å². The summed E-state index contributed by atoms with van der Waals surface area (Å²) in [5.41, 5.74) is -0.756. The standard InChI is InChI=1S/C14H18F3NO3.C2HF3O2/c1-2-11(9-18-7-6-13(19)20)21-12-5-3-4-10(8-12)14(15,16)17;3-2(4,5)1(6)7/h3-5,8,11,18H,2,6-7,9H2,1H3,(H,19,20);(H,6,7). The highest BCUT2D eigenvalue weighted by molar-refractivity contribution is 5.73. The SMILES string of the molecule is CCC(CNCCC(=O)O)Oc1cccc(C(F)(F)F)c1.O=C(O)C(F)(F)F. The van der Waals surface area contributed by atoms with Gasteiger partial charge in [-0.15, -0.1) is 0 Å². The minimum absolute atomic E-state index is 0.0139. The third-order valence-electron chi connectivity index (χ3n) is 3.05. The lowest BCUT2D eigenvalue weighted by Crippen LogP contribution is -2.32. The van der Waals surface area contributed by atoms with Gasteiger partial charge < -0.3 is 20.3 Å². The molecule has 1 unspecified atom stereocenters. The number of halogens is 6. The molecule has 0 spiro atoms. The Hall–Kier alpha value is -2.50. The highest BCUT2D eigenvalue weighted by atomic mass is 19.4. The van der Waals surface area contributed by atoms with Gasteiger partial charge in [0.2, 0.25) is 0 Å². The fourth-order valence-electron chi connectivity index (χ4n) is 1.67. The second-order valence-electron chi connectivity index (χ2n) is 5.32. The molecule has 0 amide bonds. The van der Waals surface area contributed by atoms with Gasteiger partial charge in [0.1, 0.15) is 11.9 Å².